The van der Waals surface area contributed by atoms with Gasteiger partial charge in [0.2, 0.25) is 5.92 Å². The van der Waals surface area contributed by atoms with Gasteiger partial charge in [0, 0.05) is 19.4 Å². The Hall–Kier alpha value is -0.710. The fourth-order valence-electron chi connectivity index (χ4n) is 3.27. The van der Waals surface area contributed by atoms with Gasteiger partial charge in [-0.05, 0) is 38.0 Å². The van der Waals surface area contributed by atoms with Gasteiger partial charge in [0.05, 0.1) is 12.0 Å². The molecule has 0 radical (unpaired) electrons. The zero-order valence-corrected chi connectivity index (χ0v) is 10.5. The van der Waals surface area contributed by atoms with Gasteiger partial charge in [-0.3, -0.25) is 4.79 Å². The van der Waals surface area contributed by atoms with Crippen molar-refractivity contribution in [1.82, 2.24) is 0 Å². The minimum absolute atomic E-state index is 0.0555. The number of ether oxygens (including phenoxy) is 1. The lowest BCUT2D eigenvalue weighted by atomic mass is 9.71. The van der Waals surface area contributed by atoms with Crippen LogP contribution in [-0.2, 0) is 9.53 Å². The molecular weight excluding hydrogens is 242 g/mol. The van der Waals surface area contributed by atoms with E-state index in [1.807, 2.05) is 0 Å². The van der Waals surface area contributed by atoms with Crippen LogP contribution in [0.25, 0.3) is 0 Å². The second-order valence-corrected chi connectivity index (χ2v) is 5.76. The molecular formula is C13H20F2O3. The molecule has 2 rings (SSSR count). The van der Waals surface area contributed by atoms with E-state index in [2.05, 4.69) is 0 Å². The highest BCUT2D eigenvalue weighted by Crippen LogP contribution is 2.44. The quantitative estimate of drug-likeness (QED) is 0.850. The highest BCUT2D eigenvalue weighted by Gasteiger charge is 2.45. The molecule has 3 nitrogen and oxygen atoms in total. The van der Waals surface area contributed by atoms with Gasteiger partial charge in [0.1, 0.15) is 0 Å². The van der Waals surface area contributed by atoms with Crippen LogP contribution in [-0.4, -0.2) is 30.2 Å². The lowest BCUT2D eigenvalue weighted by Crippen LogP contribution is -2.42. The van der Waals surface area contributed by atoms with E-state index < -0.39 is 17.3 Å². The fourth-order valence-corrected chi connectivity index (χ4v) is 3.27. The third-order valence-electron chi connectivity index (χ3n) is 4.20. The van der Waals surface area contributed by atoms with Crippen molar-refractivity contribution in [2.75, 3.05) is 13.2 Å². The molecule has 0 aromatic rings. The molecule has 0 bridgehead atoms. The predicted octanol–water partition coefficient (Wildman–Crippen LogP) is 3.08. The Morgan fingerprint density at radius 3 is 2.67 bits per heavy atom. The normalized spacial score (nSPS) is 36.2. The zero-order valence-electron chi connectivity index (χ0n) is 10.5. The second-order valence-electron chi connectivity index (χ2n) is 5.76. The number of hydrogen-bond acceptors (Lipinski definition) is 2. The summed E-state index contributed by atoms with van der Waals surface area (Å²) >= 11 is 0. The number of aliphatic carboxylic acids is 1. The summed E-state index contributed by atoms with van der Waals surface area (Å²) in [6.07, 6.45) is 2.57. The van der Waals surface area contributed by atoms with Gasteiger partial charge in [-0.1, -0.05) is 0 Å². The Morgan fingerprint density at radius 1 is 1.33 bits per heavy atom. The molecule has 1 aliphatic heterocycles. The highest BCUT2D eigenvalue weighted by atomic mass is 19.3. The molecule has 1 heterocycles. The Bertz CT molecular complexity index is 311. The Morgan fingerprint density at radius 2 is 2.11 bits per heavy atom. The molecule has 2 atom stereocenters. The lowest BCUT2D eigenvalue weighted by molar-refractivity contribution is -0.161. The van der Waals surface area contributed by atoms with Gasteiger partial charge in [0.15, 0.2) is 0 Å². The van der Waals surface area contributed by atoms with Crippen molar-refractivity contribution in [1.29, 1.82) is 0 Å². The first-order chi connectivity index (χ1) is 8.44. The van der Waals surface area contributed by atoms with E-state index in [1.165, 1.54) is 0 Å². The molecule has 18 heavy (non-hydrogen) atoms. The third kappa shape index (κ3) is 2.99. The number of hydrogen-bond donors (Lipinski definition) is 1. The van der Waals surface area contributed by atoms with E-state index in [4.69, 9.17) is 4.74 Å². The van der Waals surface area contributed by atoms with E-state index in [0.29, 0.717) is 38.7 Å². The average molecular weight is 262 g/mol. The number of halogens is 2. The number of carboxylic acid groups (broad SMARTS) is 1. The van der Waals surface area contributed by atoms with Gasteiger partial charge in [-0.15, -0.1) is 0 Å². The van der Waals surface area contributed by atoms with E-state index in [1.54, 1.807) is 0 Å². The van der Waals surface area contributed by atoms with Crippen molar-refractivity contribution >= 4 is 5.97 Å². The lowest BCUT2D eigenvalue weighted by Gasteiger charge is -2.38. The van der Waals surface area contributed by atoms with Gasteiger partial charge in [-0.2, -0.15) is 0 Å². The monoisotopic (exact) mass is 262 g/mol. The highest BCUT2D eigenvalue weighted by molar-refractivity contribution is 5.75. The molecule has 0 aromatic carbocycles. The smallest absolute Gasteiger partial charge is 0.311 e. The molecule has 2 unspecified atom stereocenters. The fraction of sp³-hybridized carbons (Fsp3) is 0.923. The van der Waals surface area contributed by atoms with Crippen LogP contribution < -0.4 is 0 Å². The van der Waals surface area contributed by atoms with Gasteiger partial charge in [0.25, 0.3) is 0 Å². The minimum Gasteiger partial charge on any atom is -0.481 e. The SMILES string of the molecule is O=C(O)C1(CC2CCCC(F)(F)C2)CCCOC1. The summed E-state index contributed by atoms with van der Waals surface area (Å²) in [6, 6.07) is 0. The first kappa shape index (κ1) is 13.7. The van der Waals surface area contributed by atoms with Crippen molar-refractivity contribution in [2.24, 2.45) is 11.3 Å². The maximum absolute atomic E-state index is 13.4. The van der Waals surface area contributed by atoms with E-state index in [-0.39, 0.29) is 25.4 Å². The largest absolute Gasteiger partial charge is 0.481 e. The summed E-state index contributed by atoms with van der Waals surface area (Å²) in [6.45, 7) is 0.750. The van der Waals surface area contributed by atoms with Crippen molar-refractivity contribution in [2.45, 2.75) is 50.9 Å². The number of rotatable bonds is 3. The van der Waals surface area contributed by atoms with Crippen LogP contribution in [0.3, 0.4) is 0 Å². The maximum atomic E-state index is 13.4. The van der Waals surface area contributed by atoms with E-state index in [9.17, 15) is 18.7 Å². The molecule has 0 spiro atoms. The van der Waals surface area contributed by atoms with Crippen molar-refractivity contribution in [3.05, 3.63) is 0 Å². The molecule has 1 saturated heterocycles. The topological polar surface area (TPSA) is 46.5 Å². The van der Waals surface area contributed by atoms with Crippen molar-refractivity contribution in [3.8, 4) is 0 Å². The van der Waals surface area contributed by atoms with Gasteiger partial charge in [-0.25, -0.2) is 8.78 Å². The molecule has 1 aliphatic carbocycles. The Kier molecular flexibility index (Phi) is 3.90. The number of alkyl halides is 2. The molecule has 2 aliphatic rings. The Balaban J connectivity index is 2.02. The molecule has 5 heteroatoms. The molecule has 104 valence electrons. The predicted molar refractivity (Wildman–Crippen MR) is 61.6 cm³/mol. The van der Waals surface area contributed by atoms with Crippen LogP contribution in [0.1, 0.15) is 44.9 Å². The van der Waals surface area contributed by atoms with Gasteiger partial charge >= 0.3 is 5.97 Å². The summed E-state index contributed by atoms with van der Waals surface area (Å²) in [5, 5.41) is 9.38. The first-order valence-corrected chi connectivity index (χ1v) is 6.63. The number of carbonyl (C=O) groups is 1. The van der Waals surface area contributed by atoms with Crippen LogP contribution in [0.5, 0.6) is 0 Å². The second kappa shape index (κ2) is 5.11. The molecule has 2 fully saturated rings. The summed E-state index contributed by atoms with van der Waals surface area (Å²) in [7, 11) is 0. The minimum atomic E-state index is -2.61. The maximum Gasteiger partial charge on any atom is 0.311 e. The average Bonchev–Trinajstić information content (AvgIpc) is 2.28. The van der Waals surface area contributed by atoms with Crippen LogP contribution in [0.4, 0.5) is 8.78 Å². The van der Waals surface area contributed by atoms with Crippen molar-refractivity contribution < 1.29 is 23.4 Å². The summed E-state index contributed by atoms with van der Waals surface area (Å²) in [4.78, 5) is 11.4. The molecule has 1 N–H and O–H groups in total. The summed E-state index contributed by atoms with van der Waals surface area (Å²) in [5.41, 5.74) is -0.934. The van der Waals surface area contributed by atoms with Crippen molar-refractivity contribution in [3.63, 3.8) is 0 Å². The van der Waals surface area contributed by atoms with E-state index >= 15 is 0 Å². The molecule has 0 amide bonds. The Labute approximate surface area is 106 Å². The van der Waals surface area contributed by atoms with E-state index in [0.717, 1.165) is 0 Å². The molecule has 0 aromatic heterocycles. The number of carboxylic acids is 1. The zero-order chi connectivity index (χ0) is 13.2. The standard InChI is InChI=1S/C13H20F2O3/c14-13(15)5-1-3-10(8-13)7-12(11(16)17)4-2-6-18-9-12/h10H,1-9H2,(H,16,17). The van der Waals surface area contributed by atoms with Crippen LogP contribution >= 0.6 is 0 Å². The first-order valence-electron chi connectivity index (χ1n) is 6.63. The third-order valence-corrected chi connectivity index (χ3v) is 4.20. The summed E-state index contributed by atoms with van der Waals surface area (Å²) in [5.74, 6) is -3.69. The van der Waals surface area contributed by atoms with Gasteiger partial charge < -0.3 is 9.84 Å². The van der Waals surface area contributed by atoms with Crippen LogP contribution in [0.2, 0.25) is 0 Å². The summed E-state index contributed by atoms with van der Waals surface area (Å²) < 4.78 is 32.0. The van der Waals surface area contributed by atoms with Crippen LogP contribution in [0, 0.1) is 11.3 Å². The van der Waals surface area contributed by atoms with Crippen LogP contribution in [0.15, 0.2) is 0 Å². The molecule has 1 saturated carbocycles.